The molecule has 4 heteroatoms. The van der Waals surface area contributed by atoms with Crippen LogP contribution in [0.4, 0.5) is 5.82 Å². The number of rotatable bonds is 3. The minimum Gasteiger partial charge on any atom is -0.388 e. The van der Waals surface area contributed by atoms with Gasteiger partial charge in [0.2, 0.25) is 0 Å². The fourth-order valence-corrected chi connectivity index (χ4v) is 3.04. The molecule has 2 heterocycles. The smallest absolute Gasteiger partial charge is 0.128 e. The third-order valence-electron chi connectivity index (χ3n) is 4.17. The second-order valence-corrected chi connectivity index (χ2v) is 5.95. The standard InChI is InChI=1S/C17H19ClN2O/c18-15-6-4-13(5-7-15)17(21)14-8-11-20(12-9-14)16-3-1-2-10-19-16/h1-7,10,14,17,21H,8-9,11-12H2/t17-/m1/s1. The minimum atomic E-state index is -0.409. The summed E-state index contributed by atoms with van der Waals surface area (Å²) in [5, 5.41) is 11.2. The Morgan fingerprint density at radius 2 is 1.81 bits per heavy atom. The summed E-state index contributed by atoms with van der Waals surface area (Å²) in [7, 11) is 0. The van der Waals surface area contributed by atoms with Crippen molar-refractivity contribution in [2.75, 3.05) is 18.0 Å². The lowest BCUT2D eigenvalue weighted by molar-refractivity contribution is 0.0929. The number of aromatic nitrogens is 1. The van der Waals surface area contributed by atoms with Gasteiger partial charge in [-0.15, -0.1) is 0 Å². The molecule has 0 aliphatic carbocycles. The van der Waals surface area contributed by atoms with Gasteiger partial charge in [0.1, 0.15) is 5.82 Å². The third kappa shape index (κ3) is 3.36. The Morgan fingerprint density at radius 1 is 1.10 bits per heavy atom. The molecule has 110 valence electrons. The first-order chi connectivity index (χ1) is 10.2. The molecule has 0 saturated carbocycles. The number of nitrogens with zero attached hydrogens (tertiary/aromatic N) is 2. The summed E-state index contributed by atoms with van der Waals surface area (Å²) in [4.78, 5) is 6.67. The van der Waals surface area contributed by atoms with Crippen LogP contribution in [0.5, 0.6) is 0 Å². The minimum absolute atomic E-state index is 0.297. The number of piperidine rings is 1. The molecule has 1 saturated heterocycles. The SMILES string of the molecule is O[C@H](c1ccc(Cl)cc1)C1CCN(c2ccccn2)CC1. The van der Waals surface area contributed by atoms with Gasteiger partial charge in [0.15, 0.2) is 0 Å². The van der Waals surface area contributed by atoms with Crippen molar-refractivity contribution >= 4 is 17.4 Å². The highest BCUT2D eigenvalue weighted by Gasteiger charge is 2.26. The van der Waals surface area contributed by atoms with Crippen molar-refractivity contribution < 1.29 is 5.11 Å². The molecule has 0 spiro atoms. The monoisotopic (exact) mass is 302 g/mol. The van der Waals surface area contributed by atoms with Crippen molar-refractivity contribution in [3.63, 3.8) is 0 Å². The number of benzene rings is 1. The van der Waals surface area contributed by atoms with Crippen LogP contribution in [0.15, 0.2) is 48.7 Å². The molecule has 1 N–H and O–H groups in total. The number of halogens is 1. The first kappa shape index (κ1) is 14.4. The summed E-state index contributed by atoms with van der Waals surface area (Å²) < 4.78 is 0. The van der Waals surface area contributed by atoms with Gasteiger partial charge < -0.3 is 10.0 Å². The lowest BCUT2D eigenvalue weighted by atomic mass is 9.87. The van der Waals surface area contributed by atoms with E-state index in [1.54, 1.807) is 0 Å². The van der Waals surface area contributed by atoms with Gasteiger partial charge in [-0.3, -0.25) is 0 Å². The molecule has 3 rings (SSSR count). The van der Waals surface area contributed by atoms with Crippen LogP contribution in [0.1, 0.15) is 24.5 Å². The first-order valence-corrected chi connectivity index (χ1v) is 7.71. The molecule has 1 atom stereocenters. The van der Waals surface area contributed by atoms with E-state index < -0.39 is 6.10 Å². The van der Waals surface area contributed by atoms with E-state index in [9.17, 15) is 5.11 Å². The van der Waals surface area contributed by atoms with Gasteiger partial charge in [0.05, 0.1) is 6.10 Å². The van der Waals surface area contributed by atoms with Crippen molar-refractivity contribution in [1.29, 1.82) is 0 Å². The van der Waals surface area contributed by atoms with Crippen molar-refractivity contribution in [2.45, 2.75) is 18.9 Å². The fraction of sp³-hybridized carbons (Fsp3) is 0.353. The van der Waals surface area contributed by atoms with E-state index in [0.29, 0.717) is 10.9 Å². The van der Waals surface area contributed by atoms with Crippen LogP contribution in [0.2, 0.25) is 5.02 Å². The van der Waals surface area contributed by atoms with Crippen LogP contribution >= 0.6 is 11.6 Å². The number of aliphatic hydroxyl groups is 1. The topological polar surface area (TPSA) is 36.4 Å². The maximum absolute atomic E-state index is 10.5. The normalized spacial score (nSPS) is 17.7. The van der Waals surface area contributed by atoms with E-state index in [1.807, 2.05) is 48.7 Å². The summed E-state index contributed by atoms with van der Waals surface area (Å²) in [6, 6.07) is 13.5. The molecule has 0 bridgehead atoms. The Kier molecular flexibility index (Phi) is 4.42. The van der Waals surface area contributed by atoms with Gasteiger partial charge in [0, 0.05) is 24.3 Å². The second-order valence-electron chi connectivity index (χ2n) is 5.51. The first-order valence-electron chi connectivity index (χ1n) is 7.33. The van der Waals surface area contributed by atoms with Crippen LogP contribution in [0, 0.1) is 5.92 Å². The Balaban J connectivity index is 1.61. The molecule has 21 heavy (non-hydrogen) atoms. The highest BCUT2D eigenvalue weighted by atomic mass is 35.5. The van der Waals surface area contributed by atoms with E-state index in [2.05, 4.69) is 9.88 Å². The van der Waals surface area contributed by atoms with E-state index in [1.165, 1.54) is 0 Å². The number of aliphatic hydroxyl groups excluding tert-OH is 1. The van der Waals surface area contributed by atoms with Crippen molar-refractivity contribution in [3.8, 4) is 0 Å². The molecule has 0 amide bonds. The molecule has 0 unspecified atom stereocenters. The van der Waals surface area contributed by atoms with Gasteiger partial charge in [-0.1, -0.05) is 29.8 Å². The van der Waals surface area contributed by atoms with Crippen LogP contribution in [0.3, 0.4) is 0 Å². The van der Waals surface area contributed by atoms with Crippen LogP contribution < -0.4 is 4.90 Å². The van der Waals surface area contributed by atoms with Gasteiger partial charge in [-0.05, 0) is 48.6 Å². The maximum Gasteiger partial charge on any atom is 0.128 e. The molecule has 1 aliphatic rings. The highest BCUT2D eigenvalue weighted by molar-refractivity contribution is 6.30. The summed E-state index contributed by atoms with van der Waals surface area (Å²) in [6.07, 6.45) is 3.36. The van der Waals surface area contributed by atoms with Crippen molar-refractivity contribution in [1.82, 2.24) is 4.98 Å². The predicted molar refractivity (Wildman–Crippen MR) is 85.6 cm³/mol. The summed E-state index contributed by atoms with van der Waals surface area (Å²) in [5.41, 5.74) is 0.954. The second kappa shape index (κ2) is 6.46. The largest absolute Gasteiger partial charge is 0.388 e. The number of hydrogen-bond acceptors (Lipinski definition) is 3. The Morgan fingerprint density at radius 3 is 2.43 bits per heavy atom. The number of pyridine rings is 1. The van der Waals surface area contributed by atoms with Crippen LogP contribution in [0.25, 0.3) is 0 Å². The molecule has 1 fully saturated rings. The van der Waals surface area contributed by atoms with Crippen molar-refractivity contribution in [3.05, 3.63) is 59.2 Å². The average molecular weight is 303 g/mol. The van der Waals surface area contributed by atoms with E-state index in [0.717, 1.165) is 37.3 Å². The zero-order valence-corrected chi connectivity index (χ0v) is 12.6. The summed E-state index contributed by atoms with van der Waals surface area (Å²) >= 11 is 5.89. The molecule has 1 aromatic carbocycles. The van der Waals surface area contributed by atoms with Gasteiger partial charge >= 0.3 is 0 Å². The van der Waals surface area contributed by atoms with Crippen LogP contribution in [-0.2, 0) is 0 Å². The lowest BCUT2D eigenvalue weighted by Gasteiger charge is -2.35. The maximum atomic E-state index is 10.5. The van der Waals surface area contributed by atoms with Gasteiger partial charge in [0.25, 0.3) is 0 Å². The Labute approximate surface area is 130 Å². The molecular formula is C17H19ClN2O. The number of anilines is 1. The summed E-state index contributed by atoms with van der Waals surface area (Å²) in [5.74, 6) is 1.32. The molecule has 1 aliphatic heterocycles. The average Bonchev–Trinajstić information content (AvgIpc) is 2.56. The number of hydrogen-bond donors (Lipinski definition) is 1. The Hall–Kier alpha value is -1.58. The van der Waals surface area contributed by atoms with E-state index in [-0.39, 0.29) is 0 Å². The summed E-state index contributed by atoms with van der Waals surface area (Å²) in [6.45, 7) is 1.87. The predicted octanol–water partition coefficient (Wildman–Crippen LogP) is 3.69. The fourth-order valence-electron chi connectivity index (χ4n) is 2.92. The third-order valence-corrected chi connectivity index (χ3v) is 4.42. The van der Waals surface area contributed by atoms with E-state index >= 15 is 0 Å². The van der Waals surface area contributed by atoms with Crippen molar-refractivity contribution in [2.24, 2.45) is 5.92 Å². The zero-order valence-electron chi connectivity index (χ0n) is 11.8. The van der Waals surface area contributed by atoms with Crippen LogP contribution in [-0.4, -0.2) is 23.2 Å². The zero-order chi connectivity index (χ0) is 14.7. The quantitative estimate of drug-likeness (QED) is 0.939. The molecule has 2 aromatic rings. The highest BCUT2D eigenvalue weighted by Crippen LogP contribution is 2.32. The van der Waals surface area contributed by atoms with Gasteiger partial charge in [-0.25, -0.2) is 4.98 Å². The van der Waals surface area contributed by atoms with E-state index in [4.69, 9.17) is 11.6 Å². The molecule has 0 radical (unpaired) electrons. The molecule has 1 aromatic heterocycles. The molecular weight excluding hydrogens is 284 g/mol. The molecule has 3 nitrogen and oxygen atoms in total. The Bertz CT molecular complexity index is 565. The lowest BCUT2D eigenvalue weighted by Crippen LogP contribution is -2.36. The van der Waals surface area contributed by atoms with Gasteiger partial charge in [-0.2, -0.15) is 0 Å².